The van der Waals surface area contributed by atoms with Crippen molar-refractivity contribution >= 4 is 5.91 Å². The van der Waals surface area contributed by atoms with Gasteiger partial charge < -0.3 is 10.2 Å². The highest BCUT2D eigenvalue weighted by molar-refractivity contribution is 5.90. The second-order valence-electron chi connectivity index (χ2n) is 5.69. The van der Waals surface area contributed by atoms with Crippen molar-refractivity contribution in [1.82, 2.24) is 30.3 Å². The molecule has 0 bridgehead atoms. The van der Waals surface area contributed by atoms with Crippen LogP contribution >= 0.6 is 0 Å². The molecular formula is C13H24N6O. The number of likely N-dealkylation sites (N-methyl/N-ethyl adjacent to an activating group) is 1. The molecule has 1 atom stereocenters. The summed E-state index contributed by atoms with van der Waals surface area (Å²) in [6.07, 6.45) is 1.34. The topological polar surface area (TPSA) is 77.1 Å². The summed E-state index contributed by atoms with van der Waals surface area (Å²) in [5.74, 6) is 0.571. The minimum atomic E-state index is -0.192. The lowest BCUT2D eigenvalue weighted by molar-refractivity contribution is 0.0786. The molecule has 2 rings (SSSR count). The molecule has 0 radical (unpaired) electrons. The second-order valence-corrected chi connectivity index (χ2v) is 5.69. The van der Waals surface area contributed by atoms with Crippen molar-refractivity contribution in [3.63, 3.8) is 0 Å². The number of amides is 1. The number of aromatic amines is 1. The highest BCUT2D eigenvalue weighted by Crippen LogP contribution is 2.12. The van der Waals surface area contributed by atoms with Crippen LogP contribution < -0.4 is 5.32 Å². The maximum absolute atomic E-state index is 11.9. The second kappa shape index (κ2) is 6.81. The average molecular weight is 280 g/mol. The van der Waals surface area contributed by atoms with Gasteiger partial charge in [-0.3, -0.25) is 14.8 Å². The van der Waals surface area contributed by atoms with Gasteiger partial charge in [-0.1, -0.05) is 13.8 Å². The molecular weight excluding hydrogens is 256 g/mol. The molecule has 1 fully saturated rings. The van der Waals surface area contributed by atoms with E-state index in [1.165, 1.54) is 6.33 Å². The molecule has 0 aliphatic carbocycles. The number of carbonyl (C=O) groups excluding carboxylic acids is 1. The molecule has 1 aromatic rings. The zero-order valence-corrected chi connectivity index (χ0v) is 12.5. The van der Waals surface area contributed by atoms with Gasteiger partial charge in [-0.05, 0) is 13.0 Å². The van der Waals surface area contributed by atoms with E-state index in [0.29, 0.717) is 18.5 Å². The number of nitrogens with one attached hydrogen (secondary N) is 2. The zero-order valence-electron chi connectivity index (χ0n) is 12.5. The molecule has 7 heteroatoms. The number of hydrogen-bond acceptors (Lipinski definition) is 5. The van der Waals surface area contributed by atoms with E-state index in [1.807, 2.05) is 0 Å². The van der Waals surface area contributed by atoms with Crippen LogP contribution in [0.1, 0.15) is 24.5 Å². The molecule has 1 aliphatic heterocycles. The number of rotatable bonds is 5. The predicted molar refractivity (Wildman–Crippen MR) is 76.4 cm³/mol. The van der Waals surface area contributed by atoms with Crippen molar-refractivity contribution in [3.05, 3.63) is 12.2 Å². The largest absolute Gasteiger partial charge is 0.348 e. The third-order valence-electron chi connectivity index (χ3n) is 3.88. The van der Waals surface area contributed by atoms with Crippen molar-refractivity contribution in [2.45, 2.75) is 19.9 Å². The Hall–Kier alpha value is -1.47. The SMILES string of the molecule is CC(C)C(CNC(=O)c1ncn[nH]1)N1CCN(C)CC1. The minimum Gasteiger partial charge on any atom is -0.348 e. The van der Waals surface area contributed by atoms with Crippen LogP contribution in [0.4, 0.5) is 0 Å². The van der Waals surface area contributed by atoms with Crippen LogP contribution in [-0.2, 0) is 0 Å². The Labute approximate surface area is 119 Å². The maximum atomic E-state index is 11.9. The molecule has 2 heterocycles. The van der Waals surface area contributed by atoms with E-state index < -0.39 is 0 Å². The van der Waals surface area contributed by atoms with Gasteiger partial charge in [0.15, 0.2) is 0 Å². The molecule has 2 N–H and O–H groups in total. The Morgan fingerprint density at radius 3 is 2.65 bits per heavy atom. The molecule has 1 unspecified atom stereocenters. The van der Waals surface area contributed by atoms with Gasteiger partial charge in [-0.2, -0.15) is 5.10 Å². The van der Waals surface area contributed by atoms with Crippen molar-refractivity contribution in [2.75, 3.05) is 39.8 Å². The van der Waals surface area contributed by atoms with E-state index in [2.05, 4.69) is 51.2 Å². The van der Waals surface area contributed by atoms with Crippen molar-refractivity contribution in [2.24, 2.45) is 5.92 Å². The molecule has 0 saturated carbocycles. The first-order chi connectivity index (χ1) is 9.58. The highest BCUT2D eigenvalue weighted by atomic mass is 16.2. The van der Waals surface area contributed by atoms with Crippen molar-refractivity contribution in [1.29, 1.82) is 0 Å². The Kier molecular flexibility index (Phi) is 5.08. The maximum Gasteiger partial charge on any atom is 0.288 e. The smallest absolute Gasteiger partial charge is 0.288 e. The molecule has 112 valence electrons. The number of H-pyrrole nitrogens is 1. The Morgan fingerprint density at radius 2 is 2.10 bits per heavy atom. The monoisotopic (exact) mass is 280 g/mol. The van der Waals surface area contributed by atoms with E-state index in [1.54, 1.807) is 0 Å². The quantitative estimate of drug-likeness (QED) is 0.781. The molecule has 1 aliphatic rings. The summed E-state index contributed by atoms with van der Waals surface area (Å²) in [4.78, 5) is 20.6. The number of nitrogens with zero attached hydrogens (tertiary/aromatic N) is 4. The Bertz CT molecular complexity index is 411. The first kappa shape index (κ1) is 14.9. The van der Waals surface area contributed by atoms with Crippen molar-refractivity contribution < 1.29 is 4.79 Å². The fourth-order valence-electron chi connectivity index (χ4n) is 2.54. The van der Waals surface area contributed by atoms with E-state index in [4.69, 9.17) is 0 Å². The normalized spacial score (nSPS) is 19.2. The van der Waals surface area contributed by atoms with Crippen molar-refractivity contribution in [3.8, 4) is 0 Å². The lowest BCUT2D eigenvalue weighted by Crippen LogP contribution is -2.54. The Morgan fingerprint density at radius 1 is 1.40 bits per heavy atom. The van der Waals surface area contributed by atoms with Gasteiger partial charge in [0.1, 0.15) is 6.33 Å². The van der Waals surface area contributed by atoms with Crippen LogP contribution in [-0.4, -0.2) is 76.7 Å². The lowest BCUT2D eigenvalue weighted by atomic mass is 10.0. The summed E-state index contributed by atoms with van der Waals surface area (Å²) in [7, 11) is 2.15. The molecule has 20 heavy (non-hydrogen) atoms. The Balaban J connectivity index is 1.88. The number of carbonyl (C=O) groups is 1. The third kappa shape index (κ3) is 3.77. The third-order valence-corrected chi connectivity index (χ3v) is 3.88. The summed E-state index contributed by atoms with van der Waals surface area (Å²) in [5.41, 5.74) is 0. The van der Waals surface area contributed by atoms with Gasteiger partial charge >= 0.3 is 0 Å². The molecule has 7 nitrogen and oxygen atoms in total. The van der Waals surface area contributed by atoms with Gasteiger partial charge in [0, 0.05) is 38.8 Å². The fourth-order valence-corrected chi connectivity index (χ4v) is 2.54. The summed E-state index contributed by atoms with van der Waals surface area (Å²) in [6, 6.07) is 0.357. The van der Waals surface area contributed by atoms with Gasteiger partial charge in [0.05, 0.1) is 0 Å². The van der Waals surface area contributed by atoms with Gasteiger partial charge in [-0.25, -0.2) is 4.98 Å². The van der Waals surface area contributed by atoms with Crippen LogP contribution in [0.2, 0.25) is 0 Å². The van der Waals surface area contributed by atoms with Gasteiger partial charge in [0.2, 0.25) is 5.82 Å². The summed E-state index contributed by atoms with van der Waals surface area (Å²) in [5, 5.41) is 9.22. The summed E-state index contributed by atoms with van der Waals surface area (Å²) >= 11 is 0. The molecule has 1 saturated heterocycles. The van der Waals surface area contributed by atoms with E-state index in [0.717, 1.165) is 26.2 Å². The van der Waals surface area contributed by atoms with E-state index >= 15 is 0 Å². The number of piperazine rings is 1. The molecule has 0 aromatic carbocycles. The summed E-state index contributed by atoms with van der Waals surface area (Å²) < 4.78 is 0. The lowest BCUT2D eigenvalue weighted by Gasteiger charge is -2.39. The fraction of sp³-hybridized carbons (Fsp3) is 0.769. The number of hydrogen-bond donors (Lipinski definition) is 2. The molecule has 1 amide bonds. The van der Waals surface area contributed by atoms with Crippen LogP contribution in [0.5, 0.6) is 0 Å². The first-order valence-corrected chi connectivity index (χ1v) is 7.14. The zero-order chi connectivity index (χ0) is 14.5. The predicted octanol–water partition coefficient (Wildman–Crippen LogP) is -0.193. The molecule has 0 spiro atoms. The standard InChI is InChI=1S/C13H24N6O/c1-10(2)11(19-6-4-18(3)5-7-19)8-14-13(20)12-15-9-16-17-12/h9-11H,4-8H2,1-3H3,(H,14,20)(H,15,16,17). The van der Waals surface area contributed by atoms with E-state index in [-0.39, 0.29) is 11.7 Å². The van der Waals surface area contributed by atoms with Crippen LogP contribution in [0.3, 0.4) is 0 Å². The first-order valence-electron chi connectivity index (χ1n) is 7.14. The van der Waals surface area contributed by atoms with E-state index in [9.17, 15) is 4.79 Å². The minimum absolute atomic E-state index is 0.192. The number of aromatic nitrogens is 3. The average Bonchev–Trinajstić information content (AvgIpc) is 2.94. The molecule has 1 aromatic heterocycles. The summed E-state index contributed by atoms with van der Waals surface area (Å²) in [6.45, 7) is 9.31. The van der Waals surface area contributed by atoms with Crippen LogP contribution in [0.25, 0.3) is 0 Å². The van der Waals surface area contributed by atoms with Crippen LogP contribution in [0.15, 0.2) is 6.33 Å². The van der Waals surface area contributed by atoms with Crippen LogP contribution in [0, 0.1) is 5.92 Å². The van der Waals surface area contributed by atoms with Gasteiger partial charge in [-0.15, -0.1) is 0 Å². The van der Waals surface area contributed by atoms with Gasteiger partial charge in [0.25, 0.3) is 5.91 Å². The highest BCUT2D eigenvalue weighted by Gasteiger charge is 2.25.